The van der Waals surface area contributed by atoms with Gasteiger partial charge in [-0.1, -0.05) is 24.3 Å². The summed E-state index contributed by atoms with van der Waals surface area (Å²) in [4.78, 5) is 23.8. The molecule has 7 heteroatoms. The molecule has 0 spiro atoms. The molecule has 0 bridgehead atoms. The van der Waals surface area contributed by atoms with Crippen molar-refractivity contribution in [1.82, 2.24) is 5.32 Å². The summed E-state index contributed by atoms with van der Waals surface area (Å²) in [6, 6.07) is 11.2. The third-order valence-corrected chi connectivity index (χ3v) is 4.43. The lowest BCUT2D eigenvalue weighted by atomic mass is 9.97. The van der Waals surface area contributed by atoms with Gasteiger partial charge in [-0.25, -0.2) is 4.79 Å². The fraction of sp³-hybridized carbons (Fsp3) is 0.368. The first-order chi connectivity index (χ1) is 12.2. The largest absolute Gasteiger partial charge is 0.481 e. The highest BCUT2D eigenvalue weighted by molar-refractivity contribution is 6.04. The number of amides is 1. The molecule has 1 aliphatic rings. The Kier molecular flexibility index (Phi) is 7.24. The van der Waals surface area contributed by atoms with Crippen molar-refractivity contribution in [2.45, 2.75) is 12.8 Å². The van der Waals surface area contributed by atoms with Crippen molar-refractivity contribution in [1.29, 1.82) is 0 Å². The van der Waals surface area contributed by atoms with Crippen LogP contribution in [0, 0.1) is 5.92 Å². The molecule has 6 nitrogen and oxygen atoms in total. The standard InChI is InChI=1S/C19H22N2O4.ClH/c1-24-18(22)12-25-17-7-6-16(14-4-2-3-5-15(14)17)21-19(23)13-8-10-20-11-9-13;/h2-7,13,20H,8-12H2,1H3,(H,21,23);1H. The van der Waals surface area contributed by atoms with E-state index in [2.05, 4.69) is 15.4 Å². The fourth-order valence-corrected chi connectivity index (χ4v) is 3.02. The summed E-state index contributed by atoms with van der Waals surface area (Å²) in [7, 11) is 1.32. The topological polar surface area (TPSA) is 76.7 Å². The Bertz CT molecular complexity index is 775. The highest BCUT2D eigenvalue weighted by Crippen LogP contribution is 2.32. The predicted molar refractivity (Wildman–Crippen MR) is 103 cm³/mol. The lowest BCUT2D eigenvalue weighted by Gasteiger charge is -2.22. The first kappa shape index (κ1) is 20.0. The van der Waals surface area contributed by atoms with Crippen molar-refractivity contribution in [3.8, 4) is 5.75 Å². The quantitative estimate of drug-likeness (QED) is 0.782. The molecule has 2 aromatic carbocycles. The van der Waals surface area contributed by atoms with Gasteiger partial charge in [-0.3, -0.25) is 4.79 Å². The Labute approximate surface area is 158 Å². The molecule has 1 fully saturated rings. The lowest BCUT2D eigenvalue weighted by molar-refractivity contribution is -0.142. The van der Waals surface area contributed by atoms with Gasteiger partial charge in [0.05, 0.1) is 7.11 Å². The van der Waals surface area contributed by atoms with Gasteiger partial charge in [0.2, 0.25) is 5.91 Å². The molecule has 1 heterocycles. The number of rotatable bonds is 5. The van der Waals surface area contributed by atoms with Crippen LogP contribution >= 0.6 is 12.4 Å². The second kappa shape index (κ2) is 9.40. The summed E-state index contributed by atoms with van der Waals surface area (Å²) in [6.45, 7) is 1.60. The molecule has 2 aromatic rings. The zero-order chi connectivity index (χ0) is 17.6. The van der Waals surface area contributed by atoms with Crippen LogP contribution in [-0.4, -0.2) is 38.7 Å². The molecule has 1 saturated heterocycles. The van der Waals surface area contributed by atoms with Crippen molar-refractivity contribution in [2.24, 2.45) is 5.92 Å². The maximum atomic E-state index is 12.5. The van der Waals surface area contributed by atoms with Gasteiger partial charge in [-0.2, -0.15) is 0 Å². The van der Waals surface area contributed by atoms with Gasteiger partial charge in [0.25, 0.3) is 0 Å². The maximum absolute atomic E-state index is 12.5. The smallest absolute Gasteiger partial charge is 0.343 e. The zero-order valence-electron chi connectivity index (χ0n) is 14.6. The van der Waals surface area contributed by atoms with Gasteiger partial charge in [-0.15, -0.1) is 12.4 Å². The van der Waals surface area contributed by atoms with E-state index in [1.165, 1.54) is 7.11 Å². The summed E-state index contributed by atoms with van der Waals surface area (Å²) >= 11 is 0. The number of nitrogens with one attached hydrogen (secondary N) is 2. The van der Waals surface area contributed by atoms with Crippen LogP contribution < -0.4 is 15.4 Å². The first-order valence-electron chi connectivity index (χ1n) is 8.42. The van der Waals surface area contributed by atoms with Crippen LogP contribution in [0.4, 0.5) is 5.69 Å². The average Bonchev–Trinajstić information content (AvgIpc) is 2.67. The molecule has 1 aliphatic heterocycles. The van der Waals surface area contributed by atoms with E-state index in [9.17, 15) is 9.59 Å². The molecular weight excluding hydrogens is 356 g/mol. The number of halogens is 1. The second-order valence-electron chi connectivity index (χ2n) is 6.04. The van der Waals surface area contributed by atoms with Crippen molar-refractivity contribution in [3.05, 3.63) is 36.4 Å². The Morgan fingerprint density at radius 1 is 1.12 bits per heavy atom. The van der Waals surface area contributed by atoms with Gasteiger partial charge in [0, 0.05) is 22.4 Å². The number of hydrogen-bond donors (Lipinski definition) is 2. The van der Waals surface area contributed by atoms with Gasteiger partial charge >= 0.3 is 5.97 Å². The van der Waals surface area contributed by atoms with E-state index in [4.69, 9.17) is 4.74 Å². The minimum absolute atomic E-state index is 0. The minimum Gasteiger partial charge on any atom is -0.481 e. The summed E-state index contributed by atoms with van der Waals surface area (Å²) in [5, 5.41) is 8.03. The number of carbonyl (C=O) groups excluding carboxylic acids is 2. The molecule has 140 valence electrons. The summed E-state index contributed by atoms with van der Waals surface area (Å²) in [5.41, 5.74) is 0.754. The van der Waals surface area contributed by atoms with Crippen molar-refractivity contribution < 1.29 is 19.1 Å². The van der Waals surface area contributed by atoms with Crippen molar-refractivity contribution >= 4 is 40.7 Å². The van der Waals surface area contributed by atoms with E-state index in [1.54, 1.807) is 6.07 Å². The van der Waals surface area contributed by atoms with Gasteiger partial charge < -0.3 is 20.1 Å². The Hall–Kier alpha value is -2.31. The molecule has 0 aromatic heterocycles. The monoisotopic (exact) mass is 378 g/mol. The minimum atomic E-state index is -0.438. The van der Waals surface area contributed by atoms with Crippen LogP contribution in [0.3, 0.4) is 0 Å². The molecule has 2 N–H and O–H groups in total. The van der Waals surface area contributed by atoms with Crippen molar-refractivity contribution in [3.63, 3.8) is 0 Å². The number of fused-ring (bicyclic) bond motifs is 1. The lowest BCUT2D eigenvalue weighted by Crippen LogP contribution is -2.34. The number of carbonyl (C=O) groups is 2. The van der Waals surface area contributed by atoms with Gasteiger partial charge in [0.1, 0.15) is 5.75 Å². The average molecular weight is 379 g/mol. The summed E-state index contributed by atoms with van der Waals surface area (Å²) < 4.78 is 10.2. The van der Waals surface area contributed by atoms with Crippen LogP contribution in [0.25, 0.3) is 10.8 Å². The Morgan fingerprint density at radius 2 is 1.81 bits per heavy atom. The van der Waals surface area contributed by atoms with Crippen LogP contribution in [-0.2, 0) is 14.3 Å². The van der Waals surface area contributed by atoms with E-state index in [-0.39, 0.29) is 30.8 Å². The zero-order valence-corrected chi connectivity index (χ0v) is 15.4. The third-order valence-electron chi connectivity index (χ3n) is 4.43. The molecule has 0 unspecified atom stereocenters. The van der Waals surface area contributed by atoms with E-state index >= 15 is 0 Å². The van der Waals surface area contributed by atoms with Crippen molar-refractivity contribution in [2.75, 3.05) is 32.1 Å². The SMILES string of the molecule is COC(=O)COc1ccc(NC(=O)C2CCNCC2)c2ccccc12.Cl. The number of methoxy groups -OCH3 is 1. The normalized spacial score (nSPS) is 14.3. The molecule has 0 saturated carbocycles. The van der Waals surface area contributed by atoms with Gasteiger partial charge in [0.15, 0.2) is 6.61 Å². The highest BCUT2D eigenvalue weighted by Gasteiger charge is 2.21. The number of benzene rings is 2. The van der Waals surface area contributed by atoms with E-state index in [0.29, 0.717) is 5.75 Å². The molecule has 0 aliphatic carbocycles. The van der Waals surface area contributed by atoms with E-state index < -0.39 is 5.97 Å². The number of esters is 1. The van der Waals surface area contributed by atoms with Crippen LogP contribution in [0.5, 0.6) is 5.75 Å². The highest BCUT2D eigenvalue weighted by atomic mass is 35.5. The van der Waals surface area contributed by atoms with Gasteiger partial charge in [-0.05, 0) is 38.1 Å². The molecule has 0 atom stereocenters. The maximum Gasteiger partial charge on any atom is 0.343 e. The summed E-state index contributed by atoms with van der Waals surface area (Å²) in [6.07, 6.45) is 1.70. The third kappa shape index (κ3) is 4.65. The van der Waals surface area contributed by atoms with E-state index in [1.807, 2.05) is 30.3 Å². The molecule has 0 radical (unpaired) electrons. The Balaban J connectivity index is 0.00000243. The van der Waals surface area contributed by atoms with Crippen LogP contribution in [0.15, 0.2) is 36.4 Å². The predicted octanol–water partition coefficient (Wildman–Crippen LogP) is 2.75. The molecule has 26 heavy (non-hydrogen) atoms. The number of hydrogen-bond acceptors (Lipinski definition) is 5. The first-order valence-corrected chi connectivity index (χ1v) is 8.42. The van der Waals surface area contributed by atoms with Crippen LogP contribution in [0.2, 0.25) is 0 Å². The number of piperidine rings is 1. The second-order valence-corrected chi connectivity index (χ2v) is 6.04. The summed E-state index contributed by atoms with van der Waals surface area (Å²) in [5.74, 6) is 0.235. The number of anilines is 1. The van der Waals surface area contributed by atoms with Crippen LogP contribution in [0.1, 0.15) is 12.8 Å². The molecule has 1 amide bonds. The van der Waals surface area contributed by atoms with E-state index in [0.717, 1.165) is 42.4 Å². The molecular formula is C19H23ClN2O4. The number of ether oxygens (including phenoxy) is 2. The molecule has 3 rings (SSSR count). The Morgan fingerprint density at radius 3 is 2.50 bits per heavy atom. The fourth-order valence-electron chi connectivity index (χ4n) is 3.02.